The van der Waals surface area contributed by atoms with Gasteiger partial charge in [0.2, 0.25) is 5.91 Å². The lowest BCUT2D eigenvalue weighted by Gasteiger charge is -2.04. The Balaban J connectivity index is 1.95. The molecule has 0 aliphatic carbocycles. The summed E-state index contributed by atoms with van der Waals surface area (Å²) in [4.78, 5) is 30.2. The van der Waals surface area contributed by atoms with Crippen LogP contribution >= 0.6 is 11.3 Å². The highest BCUT2D eigenvalue weighted by Crippen LogP contribution is 2.30. The molecule has 1 amide bonds. The second kappa shape index (κ2) is 6.58. The van der Waals surface area contributed by atoms with Gasteiger partial charge in [0.25, 0.3) is 5.56 Å². The van der Waals surface area contributed by atoms with Crippen molar-refractivity contribution in [1.29, 1.82) is 0 Å². The number of nitrogens with zero attached hydrogens (tertiary/aromatic N) is 2. The summed E-state index contributed by atoms with van der Waals surface area (Å²) in [5.41, 5.74) is 0.840. The standard InChI is InChI=1S/C17H15N3O2S/c1-2-8-18-15(21)10-20-11-19-16-13(17(20)22)9-14(23-16)12-6-4-3-5-7-12/h2-7,9,11H,1,8,10H2,(H,18,21). The first-order valence-electron chi connectivity index (χ1n) is 7.11. The number of benzene rings is 1. The number of amides is 1. The summed E-state index contributed by atoms with van der Waals surface area (Å²) in [6, 6.07) is 11.7. The predicted octanol–water partition coefficient (Wildman–Crippen LogP) is 2.43. The summed E-state index contributed by atoms with van der Waals surface area (Å²) in [6.07, 6.45) is 3.01. The molecule has 0 fully saturated rings. The van der Waals surface area contributed by atoms with Crippen LogP contribution in [0.15, 0.2) is 60.2 Å². The molecule has 0 atom stereocenters. The second-order valence-electron chi connectivity index (χ2n) is 4.97. The van der Waals surface area contributed by atoms with Crippen molar-refractivity contribution in [1.82, 2.24) is 14.9 Å². The number of rotatable bonds is 5. The summed E-state index contributed by atoms with van der Waals surface area (Å²) < 4.78 is 1.32. The number of carbonyl (C=O) groups excluding carboxylic acids is 1. The molecule has 0 spiro atoms. The highest BCUT2D eigenvalue weighted by atomic mass is 32.1. The van der Waals surface area contributed by atoms with Crippen LogP contribution in [0.1, 0.15) is 0 Å². The van der Waals surface area contributed by atoms with Gasteiger partial charge in [-0.3, -0.25) is 14.2 Å². The molecule has 3 aromatic rings. The van der Waals surface area contributed by atoms with Crippen molar-refractivity contribution in [3.8, 4) is 10.4 Å². The minimum atomic E-state index is -0.244. The molecule has 116 valence electrons. The Hall–Kier alpha value is -2.73. The van der Waals surface area contributed by atoms with Crippen LogP contribution in [0.4, 0.5) is 0 Å². The number of hydrogen-bond donors (Lipinski definition) is 1. The lowest BCUT2D eigenvalue weighted by atomic mass is 10.2. The van der Waals surface area contributed by atoms with Gasteiger partial charge in [0.05, 0.1) is 11.7 Å². The zero-order chi connectivity index (χ0) is 16.2. The van der Waals surface area contributed by atoms with Crippen LogP contribution in [0, 0.1) is 0 Å². The first-order chi connectivity index (χ1) is 11.2. The van der Waals surface area contributed by atoms with Crippen molar-refractivity contribution in [3.05, 3.63) is 65.7 Å². The lowest BCUT2D eigenvalue weighted by Crippen LogP contribution is -2.32. The molecule has 2 aromatic heterocycles. The molecule has 0 aliphatic heterocycles. The number of nitrogens with one attached hydrogen (secondary N) is 1. The second-order valence-corrected chi connectivity index (χ2v) is 6.00. The molecule has 0 unspecified atom stereocenters. The molecular formula is C17H15N3O2S. The van der Waals surface area contributed by atoms with Gasteiger partial charge in [-0.2, -0.15) is 0 Å². The fourth-order valence-electron chi connectivity index (χ4n) is 2.21. The molecule has 0 bridgehead atoms. The van der Waals surface area contributed by atoms with Gasteiger partial charge in [-0.05, 0) is 11.6 Å². The predicted molar refractivity (Wildman–Crippen MR) is 92.5 cm³/mol. The Bertz CT molecular complexity index is 912. The molecule has 0 aliphatic rings. The van der Waals surface area contributed by atoms with E-state index in [2.05, 4.69) is 16.9 Å². The largest absolute Gasteiger partial charge is 0.351 e. The Morgan fingerprint density at radius 1 is 1.35 bits per heavy atom. The fraction of sp³-hybridized carbons (Fsp3) is 0.118. The molecular weight excluding hydrogens is 310 g/mol. The molecule has 6 heteroatoms. The molecule has 0 saturated heterocycles. The number of fused-ring (bicyclic) bond motifs is 1. The molecule has 1 N–H and O–H groups in total. The molecule has 1 aromatic carbocycles. The third-order valence-electron chi connectivity index (χ3n) is 3.33. The van der Waals surface area contributed by atoms with E-state index in [1.807, 2.05) is 36.4 Å². The van der Waals surface area contributed by atoms with Crippen LogP contribution in [-0.4, -0.2) is 22.0 Å². The first-order valence-corrected chi connectivity index (χ1v) is 7.92. The van der Waals surface area contributed by atoms with Crippen molar-refractivity contribution in [2.75, 3.05) is 6.54 Å². The van der Waals surface area contributed by atoms with Crippen molar-refractivity contribution in [3.63, 3.8) is 0 Å². The van der Waals surface area contributed by atoms with E-state index < -0.39 is 0 Å². The van der Waals surface area contributed by atoms with Crippen LogP contribution in [0.3, 0.4) is 0 Å². The van der Waals surface area contributed by atoms with E-state index in [1.165, 1.54) is 22.2 Å². The van der Waals surface area contributed by atoms with Gasteiger partial charge < -0.3 is 5.32 Å². The molecule has 0 radical (unpaired) electrons. The maximum Gasteiger partial charge on any atom is 0.262 e. The summed E-state index contributed by atoms with van der Waals surface area (Å²) in [5, 5.41) is 3.18. The number of hydrogen-bond acceptors (Lipinski definition) is 4. The van der Waals surface area contributed by atoms with Crippen molar-refractivity contribution >= 4 is 27.5 Å². The normalized spacial score (nSPS) is 10.6. The van der Waals surface area contributed by atoms with E-state index >= 15 is 0 Å². The number of thiophene rings is 1. The van der Waals surface area contributed by atoms with Gasteiger partial charge >= 0.3 is 0 Å². The minimum absolute atomic E-state index is 0.0495. The Morgan fingerprint density at radius 2 is 2.13 bits per heavy atom. The van der Waals surface area contributed by atoms with E-state index in [0.29, 0.717) is 16.8 Å². The summed E-state index contributed by atoms with van der Waals surface area (Å²) in [6.45, 7) is 3.86. The lowest BCUT2D eigenvalue weighted by molar-refractivity contribution is -0.121. The Labute approximate surface area is 136 Å². The quantitative estimate of drug-likeness (QED) is 0.733. The fourth-order valence-corrected chi connectivity index (χ4v) is 3.21. The zero-order valence-electron chi connectivity index (χ0n) is 12.4. The summed E-state index contributed by atoms with van der Waals surface area (Å²) >= 11 is 1.47. The average molecular weight is 325 g/mol. The smallest absolute Gasteiger partial charge is 0.262 e. The SMILES string of the molecule is C=CCNC(=O)Cn1cnc2sc(-c3ccccc3)cc2c1=O. The molecule has 23 heavy (non-hydrogen) atoms. The minimum Gasteiger partial charge on any atom is -0.351 e. The third-order valence-corrected chi connectivity index (χ3v) is 4.43. The molecule has 5 nitrogen and oxygen atoms in total. The van der Waals surface area contributed by atoms with Crippen LogP contribution < -0.4 is 10.9 Å². The average Bonchev–Trinajstić information content (AvgIpc) is 3.01. The highest BCUT2D eigenvalue weighted by Gasteiger charge is 2.11. The van der Waals surface area contributed by atoms with Crippen molar-refractivity contribution in [2.24, 2.45) is 0 Å². The monoisotopic (exact) mass is 325 g/mol. The summed E-state index contributed by atoms with van der Waals surface area (Å²) in [7, 11) is 0. The highest BCUT2D eigenvalue weighted by molar-refractivity contribution is 7.21. The Morgan fingerprint density at radius 3 is 2.87 bits per heavy atom. The van der Waals surface area contributed by atoms with Gasteiger partial charge in [-0.1, -0.05) is 36.4 Å². The van der Waals surface area contributed by atoms with Gasteiger partial charge in [0.15, 0.2) is 0 Å². The first kappa shape index (κ1) is 15.2. The van der Waals surface area contributed by atoms with Crippen LogP contribution in [0.5, 0.6) is 0 Å². The van der Waals surface area contributed by atoms with E-state index in [4.69, 9.17) is 0 Å². The Kier molecular flexibility index (Phi) is 4.34. The van der Waals surface area contributed by atoms with Gasteiger partial charge in [-0.15, -0.1) is 17.9 Å². The zero-order valence-corrected chi connectivity index (χ0v) is 13.2. The maximum atomic E-state index is 12.5. The van der Waals surface area contributed by atoms with Crippen molar-refractivity contribution in [2.45, 2.75) is 6.54 Å². The molecule has 3 rings (SSSR count). The topological polar surface area (TPSA) is 64.0 Å². The van der Waals surface area contributed by atoms with E-state index in [-0.39, 0.29) is 18.0 Å². The summed E-state index contributed by atoms with van der Waals surface area (Å²) in [5.74, 6) is -0.244. The van der Waals surface area contributed by atoms with Gasteiger partial charge in [-0.25, -0.2) is 4.98 Å². The van der Waals surface area contributed by atoms with Gasteiger partial charge in [0.1, 0.15) is 11.4 Å². The van der Waals surface area contributed by atoms with E-state index in [9.17, 15) is 9.59 Å². The van der Waals surface area contributed by atoms with Crippen LogP contribution in [0.2, 0.25) is 0 Å². The molecule has 0 saturated carbocycles. The number of carbonyl (C=O) groups is 1. The van der Waals surface area contributed by atoms with Crippen LogP contribution in [-0.2, 0) is 11.3 Å². The maximum absolute atomic E-state index is 12.5. The van der Waals surface area contributed by atoms with E-state index in [1.54, 1.807) is 6.08 Å². The van der Waals surface area contributed by atoms with E-state index in [0.717, 1.165) is 10.4 Å². The van der Waals surface area contributed by atoms with Crippen LogP contribution in [0.25, 0.3) is 20.7 Å². The third kappa shape index (κ3) is 3.22. The van der Waals surface area contributed by atoms with Gasteiger partial charge in [0, 0.05) is 11.4 Å². The number of aromatic nitrogens is 2. The molecule has 2 heterocycles. The van der Waals surface area contributed by atoms with Crippen molar-refractivity contribution < 1.29 is 4.79 Å².